The summed E-state index contributed by atoms with van der Waals surface area (Å²) in [5, 5.41) is 9.72. The predicted molar refractivity (Wildman–Crippen MR) is 116 cm³/mol. The first kappa shape index (κ1) is 25.8. The van der Waals surface area contributed by atoms with Crippen LogP contribution in [-0.4, -0.2) is 35.0 Å². The zero-order chi connectivity index (χ0) is 23.9. The molecule has 1 aromatic heterocycles. The lowest BCUT2D eigenvalue weighted by molar-refractivity contribution is -0.141. The van der Waals surface area contributed by atoms with E-state index in [9.17, 15) is 18.0 Å². The molecule has 0 aliphatic carbocycles. The summed E-state index contributed by atoms with van der Waals surface area (Å²) in [4.78, 5) is 17.7. The van der Waals surface area contributed by atoms with Crippen molar-refractivity contribution in [3.63, 3.8) is 0 Å². The standard InChI is InChI=1S/C20H16Cl2F3N3O2.C2H6/c21-15-4-3-12(6-16(15)22)9-19(29)28-5-1-2-14(11-28)30-18-8-13(10-26)7-17(27-18)20(23,24)25;1-2/h3-4,6-8,14H,1-2,5,9,11H2;1-2H3. The topological polar surface area (TPSA) is 66.2 Å². The third-order valence-corrected chi connectivity index (χ3v) is 5.32. The Morgan fingerprint density at radius 2 is 1.97 bits per heavy atom. The Bertz CT molecular complexity index is 993. The van der Waals surface area contributed by atoms with Gasteiger partial charge in [-0.05, 0) is 36.6 Å². The summed E-state index contributed by atoms with van der Waals surface area (Å²) in [7, 11) is 0. The number of hydrogen-bond donors (Lipinski definition) is 0. The number of amides is 1. The van der Waals surface area contributed by atoms with Crippen molar-refractivity contribution in [1.82, 2.24) is 9.88 Å². The van der Waals surface area contributed by atoms with Crippen molar-refractivity contribution in [2.45, 2.75) is 45.4 Å². The largest absolute Gasteiger partial charge is 0.472 e. The number of aromatic nitrogens is 1. The van der Waals surface area contributed by atoms with Crippen molar-refractivity contribution in [2.24, 2.45) is 0 Å². The van der Waals surface area contributed by atoms with Crippen molar-refractivity contribution in [3.8, 4) is 11.9 Å². The minimum atomic E-state index is -4.70. The normalized spacial score (nSPS) is 15.9. The number of carbonyl (C=O) groups excluding carboxylic acids is 1. The molecule has 2 heterocycles. The molecule has 10 heteroatoms. The van der Waals surface area contributed by atoms with E-state index in [1.807, 2.05) is 13.8 Å². The maximum atomic E-state index is 13.0. The number of alkyl halides is 3. The van der Waals surface area contributed by atoms with Crippen LogP contribution in [0.15, 0.2) is 30.3 Å². The average molecular weight is 488 g/mol. The fourth-order valence-corrected chi connectivity index (χ4v) is 3.46. The first-order valence-electron chi connectivity index (χ1n) is 10.0. The zero-order valence-corrected chi connectivity index (χ0v) is 19.1. The lowest BCUT2D eigenvalue weighted by atomic mass is 10.1. The Morgan fingerprint density at radius 1 is 1.25 bits per heavy atom. The van der Waals surface area contributed by atoms with Gasteiger partial charge in [-0.25, -0.2) is 4.98 Å². The highest BCUT2D eigenvalue weighted by Crippen LogP contribution is 2.30. The molecule has 1 amide bonds. The van der Waals surface area contributed by atoms with Crippen LogP contribution in [-0.2, 0) is 17.4 Å². The van der Waals surface area contributed by atoms with Gasteiger partial charge in [0.1, 0.15) is 11.8 Å². The maximum Gasteiger partial charge on any atom is 0.433 e. The lowest BCUT2D eigenvalue weighted by Crippen LogP contribution is -2.45. The first-order chi connectivity index (χ1) is 15.2. The second kappa shape index (κ2) is 11.4. The number of rotatable bonds is 4. The number of piperidine rings is 1. The van der Waals surface area contributed by atoms with E-state index in [1.165, 1.54) is 0 Å². The molecule has 1 saturated heterocycles. The van der Waals surface area contributed by atoms with E-state index in [0.717, 1.165) is 6.07 Å². The number of hydrogen-bond acceptors (Lipinski definition) is 4. The third-order valence-electron chi connectivity index (χ3n) is 4.58. The quantitative estimate of drug-likeness (QED) is 0.536. The molecule has 1 aliphatic heterocycles. The van der Waals surface area contributed by atoms with E-state index in [4.69, 9.17) is 33.2 Å². The molecule has 1 aromatic carbocycles. The number of likely N-dealkylation sites (tertiary alicyclic amines) is 1. The van der Waals surface area contributed by atoms with E-state index in [0.29, 0.717) is 41.1 Å². The third kappa shape index (κ3) is 7.01. The molecule has 0 bridgehead atoms. The monoisotopic (exact) mass is 487 g/mol. The average Bonchev–Trinajstić information content (AvgIpc) is 2.77. The van der Waals surface area contributed by atoms with Crippen LogP contribution in [0.5, 0.6) is 5.88 Å². The molecule has 0 spiro atoms. The molecule has 3 rings (SSSR count). The smallest absolute Gasteiger partial charge is 0.433 e. The van der Waals surface area contributed by atoms with E-state index in [2.05, 4.69) is 4.98 Å². The molecule has 0 N–H and O–H groups in total. The summed E-state index contributed by atoms with van der Waals surface area (Å²) in [6.45, 7) is 4.72. The Morgan fingerprint density at radius 3 is 2.59 bits per heavy atom. The van der Waals surface area contributed by atoms with Crippen LogP contribution in [0.4, 0.5) is 13.2 Å². The van der Waals surface area contributed by atoms with Crippen molar-refractivity contribution >= 4 is 29.1 Å². The first-order valence-corrected chi connectivity index (χ1v) is 10.8. The second-order valence-electron chi connectivity index (χ2n) is 6.84. The van der Waals surface area contributed by atoms with Crippen LogP contribution in [0, 0.1) is 11.3 Å². The second-order valence-corrected chi connectivity index (χ2v) is 7.65. The van der Waals surface area contributed by atoms with Gasteiger partial charge < -0.3 is 9.64 Å². The number of nitrogens with zero attached hydrogens (tertiary/aromatic N) is 3. The van der Waals surface area contributed by atoms with Crippen molar-refractivity contribution in [1.29, 1.82) is 5.26 Å². The van der Waals surface area contributed by atoms with Crippen LogP contribution < -0.4 is 4.74 Å². The van der Waals surface area contributed by atoms with Crippen molar-refractivity contribution in [3.05, 3.63) is 57.2 Å². The molecular weight excluding hydrogens is 466 g/mol. The fraction of sp³-hybridized carbons (Fsp3) is 0.409. The van der Waals surface area contributed by atoms with Crippen LogP contribution >= 0.6 is 23.2 Å². The molecular formula is C22H22Cl2F3N3O2. The number of ether oxygens (including phenoxy) is 1. The Balaban J connectivity index is 0.00000176. The predicted octanol–water partition coefficient (Wildman–Crippen LogP) is 5.92. The van der Waals surface area contributed by atoms with Gasteiger partial charge in [0.05, 0.1) is 34.6 Å². The van der Waals surface area contributed by atoms with Crippen LogP contribution in [0.25, 0.3) is 0 Å². The highest BCUT2D eigenvalue weighted by atomic mass is 35.5. The lowest BCUT2D eigenvalue weighted by Gasteiger charge is -2.33. The van der Waals surface area contributed by atoms with Gasteiger partial charge in [0, 0.05) is 12.6 Å². The molecule has 5 nitrogen and oxygen atoms in total. The molecule has 1 atom stereocenters. The molecule has 1 aliphatic rings. The number of pyridine rings is 1. The van der Waals surface area contributed by atoms with E-state index < -0.39 is 18.0 Å². The van der Waals surface area contributed by atoms with Gasteiger partial charge in [-0.3, -0.25) is 4.79 Å². The fourth-order valence-electron chi connectivity index (χ4n) is 3.14. The molecule has 1 unspecified atom stereocenters. The summed E-state index contributed by atoms with van der Waals surface area (Å²) in [6.07, 6.45) is -3.93. The van der Waals surface area contributed by atoms with Gasteiger partial charge >= 0.3 is 6.18 Å². The Hall–Kier alpha value is -2.50. The molecule has 0 radical (unpaired) electrons. The molecule has 1 fully saturated rings. The summed E-state index contributed by atoms with van der Waals surface area (Å²) in [6, 6.07) is 8.44. The van der Waals surface area contributed by atoms with Gasteiger partial charge in [-0.15, -0.1) is 0 Å². The van der Waals surface area contributed by atoms with Gasteiger partial charge in [-0.2, -0.15) is 18.4 Å². The number of halogens is 5. The Labute approximate surface area is 194 Å². The Kier molecular flexibility index (Phi) is 9.17. The van der Waals surface area contributed by atoms with Crippen molar-refractivity contribution in [2.75, 3.05) is 13.1 Å². The summed E-state index contributed by atoms with van der Waals surface area (Å²) in [5.74, 6) is -0.443. The summed E-state index contributed by atoms with van der Waals surface area (Å²) >= 11 is 11.9. The van der Waals surface area contributed by atoms with E-state index in [1.54, 1.807) is 29.2 Å². The molecule has 2 aromatic rings. The minimum absolute atomic E-state index is 0.115. The summed E-state index contributed by atoms with van der Waals surface area (Å²) < 4.78 is 44.6. The summed E-state index contributed by atoms with van der Waals surface area (Å²) in [5.41, 5.74) is -0.689. The van der Waals surface area contributed by atoms with Crippen LogP contribution in [0.3, 0.4) is 0 Å². The molecule has 0 saturated carbocycles. The van der Waals surface area contributed by atoms with Crippen LogP contribution in [0.1, 0.15) is 43.5 Å². The molecule has 32 heavy (non-hydrogen) atoms. The van der Waals surface area contributed by atoms with Crippen molar-refractivity contribution < 1.29 is 22.7 Å². The van der Waals surface area contributed by atoms with Gasteiger partial charge in [0.25, 0.3) is 0 Å². The van der Waals surface area contributed by atoms with E-state index >= 15 is 0 Å². The SMILES string of the molecule is CC.N#Cc1cc(OC2CCCN(C(=O)Cc3ccc(Cl)c(Cl)c3)C2)nc(C(F)(F)F)c1. The highest BCUT2D eigenvalue weighted by Gasteiger charge is 2.34. The number of nitriles is 1. The minimum Gasteiger partial charge on any atom is -0.472 e. The van der Waals surface area contributed by atoms with Gasteiger partial charge in [0.15, 0.2) is 0 Å². The van der Waals surface area contributed by atoms with E-state index in [-0.39, 0.29) is 30.3 Å². The number of carbonyl (C=O) groups is 1. The van der Waals surface area contributed by atoms with Gasteiger partial charge in [0.2, 0.25) is 11.8 Å². The maximum absolute atomic E-state index is 13.0. The zero-order valence-electron chi connectivity index (χ0n) is 17.5. The number of benzene rings is 1. The molecule has 172 valence electrons. The highest BCUT2D eigenvalue weighted by molar-refractivity contribution is 6.42. The van der Waals surface area contributed by atoms with Crippen LogP contribution in [0.2, 0.25) is 10.0 Å². The van der Waals surface area contributed by atoms with Gasteiger partial charge in [-0.1, -0.05) is 43.1 Å².